The summed E-state index contributed by atoms with van der Waals surface area (Å²) in [6, 6.07) is 0. The van der Waals surface area contributed by atoms with Gasteiger partial charge in [-0.1, -0.05) is 120 Å². The molecule has 0 saturated carbocycles. The minimum absolute atomic E-state index is 0.0380. The van der Waals surface area contributed by atoms with E-state index in [-0.39, 0.29) is 12.8 Å². The number of unbranched alkanes of at least 4 members (excludes halogenated alkanes) is 5. The number of ether oxygens (including phenoxy) is 2. The number of hydrogen-bond acceptors (Lipinski definition) is 11. The second-order valence-electron chi connectivity index (χ2n) is 13.2. The monoisotopic (exact) mass is 808 g/mol. The van der Waals surface area contributed by atoms with Crippen molar-refractivity contribution in [3.63, 3.8) is 0 Å². The molecular formula is C38H66O14P2. The quantitative estimate of drug-likeness (QED) is 0.0138. The van der Waals surface area contributed by atoms with Gasteiger partial charge < -0.3 is 34.4 Å². The second kappa shape index (κ2) is 33.0. The number of esters is 2. The van der Waals surface area contributed by atoms with E-state index in [1.54, 1.807) is 12.2 Å². The molecule has 0 bridgehead atoms. The number of phosphoric ester groups is 2. The SMILES string of the molecule is CC/C=C\C/C=C\C/C=C\C/C=C\C=C\C(O)CCCC(=O)OC[C@H](COP(=O)(O)OC[C@@H](O)COP(=O)(O)O)OC(=O)CCCCCCCCC(C)C. The molecule has 2 unspecified atom stereocenters. The van der Waals surface area contributed by atoms with Gasteiger partial charge in [-0.25, -0.2) is 9.13 Å². The van der Waals surface area contributed by atoms with Crippen LogP contribution in [-0.2, 0) is 41.8 Å². The van der Waals surface area contributed by atoms with Gasteiger partial charge in [0.05, 0.1) is 25.9 Å². The first-order chi connectivity index (χ1) is 25.6. The highest BCUT2D eigenvalue weighted by molar-refractivity contribution is 7.47. The lowest BCUT2D eigenvalue weighted by Crippen LogP contribution is -2.30. The van der Waals surface area contributed by atoms with Crippen LogP contribution in [0.25, 0.3) is 0 Å². The second-order valence-corrected chi connectivity index (χ2v) is 15.8. The molecule has 0 aromatic carbocycles. The van der Waals surface area contributed by atoms with Crippen LogP contribution in [0.1, 0.15) is 117 Å². The molecule has 0 aliphatic rings. The molecule has 0 aliphatic carbocycles. The predicted octanol–water partition coefficient (Wildman–Crippen LogP) is 7.71. The van der Waals surface area contributed by atoms with Gasteiger partial charge >= 0.3 is 27.6 Å². The van der Waals surface area contributed by atoms with Crippen molar-refractivity contribution in [3.05, 3.63) is 60.8 Å². The zero-order valence-electron chi connectivity index (χ0n) is 32.3. The molecule has 0 radical (unpaired) electrons. The Bertz CT molecular complexity index is 1220. The highest BCUT2D eigenvalue weighted by atomic mass is 31.2. The molecule has 0 spiro atoms. The van der Waals surface area contributed by atoms with E-state index in [4.69, 9.17) is 23.8 Å². The Morgan fingerprint density at radius 1 is 0.630 bits per heavy atom. The molecule has 312 valence electrons. The van der Waals surface area contributed by atoms with Crippen LogP contribution in [0, 0.1) is 5.92 Å². The molecule has 0 saturated heterocycles. The fourth-order valence-corrected chi connectivity index (χ4v) is 5.71. The van der Waals surface area contributed by atoms with E-state index in [1.807, 2.05) is 12.2 Å². The summed E-state index contributed by atoms with van der Waals surface area (Å²) in [6.07, 6.45) is 27.4. The number of aliphatic hydroxyl groups excluding tert-OH is 2. The smallest absolute Gasteiger partial charge is 0.462 e. The summed E-state index contributed by atoms with van der Waals surface area (Å²) < 4.78 is 47.4. The number of aliphatic hydroxyl groups is 2. The van der Waals surface area contributed by atoms with Crippen molar-refractivity contribution < 1.29 is 66.7 Å². The maximum absolute atomic E-state index is 12.5. The maximum Gasteiger partial charge on any atom is 0.472 e. The molecule has 0 aliphatic heterocycles. The average molecular weight is 809 g/mol. The average Bonchev–Trinajstić information content (AvgIpc) is 3.10. The lowest BCUT2D eigenvalue weighted by Gasteiger charge is -2.20. The Kier molecular flexibility index (Phi) is 31.6. The first-order valence-electron chi connectivity index (χ1n) is 18.9. The van der Waals surface area contributed by atoms with Gasteiger partial charge in [0.25, 0.3) is 0 Å². The van der Waals surface area contributed by atoms with Crippen molar-refractivity contribution >= 4 is 27.6 Å². The Morgan fingerprint density at radius 2 is 1.19 bits per heavy atom. The molecule has 0 aromatic heterocycles. The molecule has 4 atom stereocenters. The fourth-order valence-electron chi connectivity index (χ4n) is 4.56. The molecule has 0 rings (SSSR count). The van der Waals surface area contributed by atoms with E-state index in [2.05, 4.69) is 66.3 Å². The van der Waals surface area contributed by atoms with E-state index in [9.17, 15) is 33.8 Å². The summed E-state index contributed by atoms with van der Waals surface area (Å²) in [4.78, 5) is 52.4. The number of allylic oxidation sites excluding steroid dienone is 9. The molecular weight excluding hydrogens is 742 g/mol. The fraction of sp³-hybridized carbons (Fsp3) is 0.684. The number of hydrogen-bond donors (Lipinski definition) is 5. The Balaban J connectivity index is 4.76. The van der Waals surface area contributed by atoms with E-state index < -0.39 is 72.3 Å². The Labute approximate surface area is 322 Å². The van der Waals surface area contributed by atoms with Gasteiger partial charge in [0.15, 0.2) is 6.10 Å². The predicted molar refractivity (Wildman–Crippen MR) is 208 cm³/mol. The zero-order chi connectivity index (χ0) is 40.5. The lowest BCUT2D eigenvalue weighted by molar-refractivity contribution is -0.161. The molecule has 0 heterocycles. The Morgan fingerprint density at radius 3 is 1.81 bits per heavy atom. The third-order valence-electron chi connectivity index (χ3n) is 7.44. The van der Waals surface area contributed by atoms with Crippen LogP contribution in [0.5, 0.6) is 0 Å². The van der Waals surface area contributed by atoms with Crippen molar-refractivity contribution in [1.82, 2.24) is 0 Å². The highest BCUT2D eigenvalue weighted by Gasteiger charge is 2.28. The van der Waals surface area contributed by atoms with Crippen LogP contribution in [-0.4, -0.2) is 81.6 Å². The van der Waals surface area contributed by atoms with Crippen LogP contribution in [0.4, 0.5) is 0 Å². The van der Waals surface area contributed by atoms with Crippen molar-refractivity contribution in [2.75, 3.05) is 26.4 Å². The summed E-state index contributed by atoms with van der Waals surface area (Å²) >= 11 is 0. The van der Waals surface area contributed by atoms with Crippen molar-refractivity contribution in [1.29, 1.82) is 0 Å². The zero-order valence-corrected chi connectivity index (χ0v) is 34.1. The van der Waals surface area contributed by atoms with Crippen molar-refractivity contribution in [2.45, 2.75) is 135 Å². The minimum Gasteiger partial charge on any atom is -0.462 e. The van der Waals surface area contributed by atoms with Gasteiger partial charge in [-0.15, -0.1) is 0 Å². The molecule has 16 heteroatoms. The van der Waals surface area contributed by atoms with Crippen LogP contribution >= 0.6 is 15.6 Å². The first-order valence-corrected chi connectivity index (χ1v) is 22.0. The van der Waals surface area contributed by atoms with Gasteiger partial charge in [-0.3, -0.25) is 23.2 Å². The van der Waals surface area contributed by atoms with Crippen LogP contribution in [0.15, 0.2) is 60.8 Å². The Hall–Kier alpha value is -2.22. The van der Waals surface area contributed by atoms with Crippen molar-refractivity contribution in [2.24, 2.45) is 5.92 Å². The topological polar surface area (TPSA) is 216 Å². The standard InChI is InChI=1S/C38H66O14P2/c1-4-5-6-7-8-9-10-11-12-13-14-18-21-25-34(39)26-23-28-37(41)48-31-36(52-38(42)27-22-19-16-15-17-20-24-33(2)3)32-51-54(46,47)50-30-35(40)29-49-53(43,44)45/h5-6,8-9,11-12,14,18,21,25,33-36,39-40H,4,7,10,13,15-17,19-20,22-24,26-32H2,1-3H3,(H,46,47)(H2,43,44,45)/b6-5-,9-8-,12-11-,18-14-,25-21+/t34?,35-,36+/m0/s1. The van der Waals surface area contributed by atoms with E-state index in [1.165, 1.54) is 12.8 Å². The number of rotatable bonds is 34. The molecule has 54 heavy (non-hydrogen) atoms. The minimum atomic E-state index is -4.88. The van der Waals surface area contributed by atoms with Gasteiger partial charge in [0, 0.05) is 12.8 Å². The van der Waals surface area contributed by atoms with Crippen LogP contribution in [0.2, 0.25) is 0 Å². The summed E-state index contributed by atoms with van der Waals surface area (Å²) in [5, 5.41) is 19.9. The summed E-state index contributed by atoms with van der Waals surface area (Å²) in [5.41, 5.74) is 0. The van der Waals surface area contributed by atoms with Crippen LogP contribution < -0.4 is 0 Å². The van der Waals surface area contributed by atoms with Crippen LogP contribution in [0.3, 0.4) is 0 Å². The molecule has 5 N–H and O–H groups in total. The molecule has 0 aromatic rings. The van der Waals surface area contributed by atoms with Gasteiger partial charge in [0.2, 0.25) is 0 Å². The third kappa shape index (κ3) is 36.7. The summed E-state index contributed by atoms with van der Waals surface area (Å²) in [7, 11) is -9.72. The largest absolute Gasteiger partial charge is 0.472 e. The van der Waals surface area contributed by atoms with E-state index >= 15 is 0 Å². The third-order valence-corrected chi connectivity index (χ3v) is 8.88. The lowest BCUT2D eigenvalue weighted by atomic mass is 10.0. The summed E-state index contributed by atoms with van der Waals surface area (Å²) in [5.74, 6) is -0.576. The van der Waals surface area contributed by atoms with Crippen molar-refractivity contribution in [3.8, 4) is 0 Å². The summed E-state index contributed by atoms with van der Waals surface area (Å²) in [6.45, 7) is 3.57. The first kappa shape index (κ1) is 51.8. The number of carbonyl (C=O) groups excluding carboxylic acids is 2. The number of phosphoric acid groups is 2. The molecule has 0 amide bonds. The maximum atomic E-state index is 12.5. The van der Waals surface area contributed by atoms with E-state index in [0.29, 0.717) is 25.2 Å². The number of carbonyl (C=O) groups is 2. The van der Waals surface area contributed by atoms with Gasteiger partial charge in [0.1, 0.15) is 12.7 Å². The molecule has 0 fully saturated rings. The highest BCUT2D eigenvalue weighted by Crippen LogP contribution is 2.43. The van der Waals surface area contributed by atoms with Gasteiger partial charge in [-0.05, 0) is 50.9 Å². The van der Waals surface area contributed by atoms with Gasteiger partial charge in [-0.2, -0.15) is 0 Å². The molecule has 14 nitrogen and oxygen atoms in total. The van der Waals surface area contributed by atoms with E-state index in [0.717, 1.165) is 51.4 Å². The normalized spacial score (nSPS) is 15.6.